The lowest BCUT2D eigenvalue weighted by atomic mass is 10.1. The number of hydrogen-bond acceptors (Lipinski definition) is 2. The zero-order valence-electron chi connectivity index (χ0n) is 9.23. The van der Waals surface area contributed by atoms with Gasteiger partial charge in [-0.3, -0.25) is 9.78 Å². The fraction of sp³-hybridized carbons (Fsp3) is 0.0769. The van der Waals surface area contributed by atoms with Crippen molar-refractivity contribution in [3.05, 3.63) is 52.9 Å². The van der Waals surface area contributed by atoms with E-state index < -0.39 is 11.8 Å². The van der Waals surface area contributed by atoms with Gasteiger partial charge in [0, 0.05) is 5.56 Å². The average molecular weight is 266 g/mol. The minimum atomic E-state index is -1.03. The Kier molecular flexibility index (Phi) is 3.58. The molecule has 0 atom stereocenters. The first-order chi connectivity index (χ1) is 8.58. The molecule has 0 amide bonds. The van der Waals surface area contributed by atoms with E-state index in [1.165, 1.54) is 12.1 Å². The molecule has 0 spiro atoms. The molecule has 0 unspecified atom stereocenters. The SMILES string of the molecule is O=C(O)Cc1nc(-c2ccccc2F)ccc1Cl. The van der Waals surface area contributed by atoms with Crippen LogP contribution in [0.3, 0.4) is 0 Å². The second kappa shape index (κ2) is 5.14. The van der Waals surface area contributed by atoms with E-state index in [2.05, 4.69) is 4.98 Å². The van der Waals surface area contributed by atoms with Crippen molar-refractivity contribution < 1.29 is 14.3 Å². The van der Waals surface area contributed by atoms with Gasteiger partial charge in [0.15, 0.2) is 0 Å². The molecule has 0 aliphatic rings. The van der Waals surface area contributed by atoms with Gasteiger partial charge in [-0.05, 0) is 24.3 Å². The molecule has 0 bridgehead atoms. The number of pyridine rings is 1. The maximum absolute atomic E-state index is 13.6. The minimum absolute atomic E-state index is 0.227. The molecule has 1 heterocycles. The van der Waals surface area contributed by atoms with E-state index in [4.69, 9.17) is 16.7 Å². The predicted molar refractivity (Wildman–Crippen MR) is 66.0 cm³/mol. The molecule has 1 N–H and O–H groups in total. The third kappa shape index (κ3) is 2.65. The number of carbonyl (C=O) groups is 1. The van der Waals surface area contributed by atoms with Gasteiger partial charge < -0.3 is 5.11 Å². The monoisotopic (exact) mass is 265 g/mol. The number of hydrogen-bond donors (Lipinski definition) is 1. The molecule has 2 rings (SSSR count). The standard InChI is InChI=1S/C13H9ClFNO2/c14-9-5-6-11(16-12(9)7-13(17)18)8-3-1-2-4-10(8)15/h1-6H,7H2,(H,17,18). The fourth-order valence-corrected chi connectivity index (χ4v) is 1.74. The van der Waals surface area contributed by atoms with Crippen LogP contribution in [0.4, 0.5) is 4.39 Å². The smallest absolute Gasteiger partial charge is 0.309 e. The van der Waals surface area contributed by atoms with Gasteiger partial charge in [-0.15, -0.1) is 0 Å². The van der Waals surface area contributed by atoms with E-state index in [9.17, 15) is 9.18 Å². The van der Waals surface area contributed by atoms with E-state index in [0.717, 1.165) is 0 Å². The lowest BCUT2D eigenvalue weighted by Gasteiger charge is -2.06. The highest BCUT2D eigenvalue weighted by Gasteiger charge is 2.11. The van der Waals surface area contributed by atoms with Crippen LogP contribution < -0.4 is 0 Å². The Balaban J connectivity index is 2.47. The van der Waals surface area contributed by atoms with Gasteiger partial charge >= 0.3 is 5.97 Å². The first-order valence-electron chi connectivity index (χ1n) is 5.20. The van der Waals surface area contributed by atoms with Crippen LogP contribution in [-0.4, -0.2) is 16.1 Å². The molecule has 3 nitrogen and oxygen atoms in total. The summed E-state index contributed by atoms with van der Waals surface area (Å²) in [6.45, 7) is 0. The van der Waals surface area contributed by atoms with Gasteiger partial charge in [0.05, 0.1) is 22.8 Å². The number of nitrogens with zero attached hydrogens (tertiary/aromatic N) is 1. The number of rotatable bonds is 3. The maximum Gasteiger partial charge on any atom is 0.309 e. The molecule has 1 aromatic carbocycles. The van der Waals surface area contributed by atoms with Crippen molar-refractivity contribution in [1.29, 1.82) is 0 Å². The predicted octanol–water partition coefficient (Wildman–Crippen LogP) is 3.17. The Morgan fingerprint density at radius 3 is 2.67 bits per heavy atom. The van der Waals surface area contributed by atoms with Crippen molar-refractivity contribution in [1.82, 2.24) is 4.98 Å². The number of carboxylic acids is 1. The van der Waals surface area contributed by atoms with Crippen LogP contribution in [0.2, 0.25) is 5.02 Å². The van der Waals surface area contributed by atoms with Crippen molar-refractivity contribution >= 4 is 17.6 Å². The minimum Gasteiger partial charge on any atom is -0.481 e. The summed E-state index contributed by atoms with van der Waals surface area (Å²) in [6, 6.07) is 9.25. The highest BCUT2D eigenvalue weighted by atomic mass is 35.5. The van der Waals surface area contributed by atoms with Crippen LogP contribution >= 0.6 is 11.6 Å². The van der Waals surface area contributed by atoms with Crippen LogP contribution in [0.15, 0.2) is 36.4 Å². The van der Waals surface area contributed by atoms with E-state index in [1.54, 1.807) is 24.3 Å². The summed E-state index contributed by atoms with van der Waals surface area (Å²) in [5.41, 5.74) is 0.916. The summed E-state index contributed by atoms with van der Waals surface area (Å²) in [5.74, 6) is -1.44. The number of aliphatic carboxylic acids is 1. The largest absolute Gasteiger partial charge is 0.481 e. The van der Waals surface area contributed by atoms with Gasteiger partial charge in [-0.2, -0.15) is 0 Å². The molecular formula is C13H9ClFNO2. The molecule has 0 saturated carbocycles. The van der Waals surface area contributed by atoms with Crippen LogP contribution in [0.5, 0.6) is 0 Å². The molecule has 1 aromatic heterocycles. The summed E-state index contributed by atoms with van der Waals surface area (Å²) in [4.78, 5) is 14.8. The Morgan fingerprint density at radius 1 is 1.28 bits per heavy atom. The highest BCUT2D eigenvalue weighted by Crippen LogP contribution is 2.24. The molecule has 0 aliphatic carbocycles. The second-order valence-corrected chi connectivity index (χ2v) is 4.08. The van der Waals surface area contributed by atoms with E-state index >= 15 is 0 Å². The molecule has 92 valence electrons. The Bertz CT molecular complexity index is 601. The van der Waals surface area contributed by atoms with E-state index in [0.29, 0.717) is 11.3 Å². The third-order valence-electron chi connectivity index (χ3n) is 2.39. The van der Waals surface area contributed by atoms with Gasteiger partial charge in [0.25, 0.3) is 0 Å². The van der Waals surface area contributed by atoms with Crippen molar-refractivity contribution in [2.75, 3.05) is 0 Å². The Morgan fingerprint density at radius 2 is 2.00 bits per heavy atom. The first-order valence-corrected chi connectivity index (χ1v) is 5.58. The molecule has 0 radical (unpaired) electrons. The molecular weight excluding hydrogens is 257 g/mol. The number of halogens is 2. The zero-order chi connectivity index (χ0) is 13.1. The third-order valence-corrected chi connectivity index (χ3v) is 2.73. The Labute approximate surface area is 108 Å². The fourth-order valence-electron chi connectivity index (χ4n) is 1.57. The van der Waals surface area contributed by atoms with Crippen molar-refractivity contribution in [2.24, 2.45) is 0 Å². The van der Waals surface area contributed by atoms with Gasteiger partial charge in [0.1, 0.15) is 5.82 Å². The van der Waals surface area contributed by atoms with E-state index in [-0.39, 0.29) is 17.1 Å². The second-order valence-electron chi connectivity index (χ2n) is 3.68. The van der Waals surface area contributed by atoms with Crippen LogP contribution in [0, 0.1) is 5.82 Å². The van der Waals surface area contributed by atoms with Gasteiger partial charge in [-0.1, -0.05) is 23.7 Å². The summed E-state index contributed by atoms with van der Waals surface area (Å²) < 4.78 is 13.6. The number of benzene rings is 1. The molecule has 18 heavy (non-hydrogen) atoms. The van der Waals surface area contributed by atoms with Crippen molar-refractivity contribution in [2.45, 2.75) is 6.42 Å². The molecule has 0 aliphatic heterocycles. The molecule has 0 saturated heterocycles. The maximum atomic E-state index is 13.6. The first kappa shape index (κ1) is 12.5. The average Bonchev–Trinajstić information content (AvgIpc) is 2.32. The lowest BCUT2D eigenvalue weighted by molar-refractivity contribution is -0.136. The van der Waals surface area contributed by atoms with Gasteiger partial charge in [-0.25, -0.2) is 4.39 Å². The normalized spacial score (nSPS) is 10.3. The molecule has 0 fully saturated rings. The van der Waals surface area contributed by atoms with Crippen LogP contribution in [-0.2, 0) is 11.2 Å². The summed E-state index contributed by atoms with van der Waals surface area (Å²) in [5, 5.41) is 9.00. The topological polar surface area (TPSA) is 50.2 Å². The zero-order valence-corrected chi connectivity index (χ0v) is 9.99. The quantitative estimate of drug-likeness (QED) is 0.927. The number of carboxylic acid groups (broad SMARTS) is 1. The Hall–Kier alpha value is -1.94. The molecule has 5 heteroatoms. The highest BCUT2D eigenvalue weighted by molar-refractivity contribution is 6.31. The summed E-state index contributed by atoms with van der Waals surface area (Å²) >= 11 is 5.85. The number of aromatic nitrogens is 1. The summed E-state index contributed by atoms with van der Waals surface area (Å²) in [7, 11) is 0. The summed E-state index contributed by atoms with van der Waals surface area (Å²) in [6.07, 6.45) is -0.291. The lowest BCUT2D eigenvalue weighted by Crippen LogP contribution is -2.04. The van der Waals surface area contributed by atoms with Crippen LogP contribution in [0.1, 0.15) is 5.69 Å². The van der Waals surface area contributed by atoms with E-state index in [1.807, 2.05) is 0 Å². The van der Waals surface area contributed by atoms with Crippen LogP contribution in [0.25, 0.3) is 11.3 Å². The molecule has 2 aromatic rings. The van der Waals surface area contributed by atoms with Crippen molar-refractivity contribution in [3.8, 4) is 11.3 Å². The van der Waals surface area contributed by atoms with Gasteiger partial charge in [0.2, 0.25) is 0 Å². The van der Waals surface area contributed by atoms with Crippen molar-refractivity contribution in [3.63, 3.8) is 0 Å².